The van der Waals surface area contributed by atoms with Gasteiger partial charge in [0.2, 0.25) is 5.91 Å². The normalized spacial score (nSPS) is 28.5. The molecule has 0 saturated carbocycles. The molecule has 6 nitrogen and oxygen atoms in total. The van der Waals surface area contributed by atoms with Crippen molar-refractivity contribution in [2.45, 2.75) is 24.1 Å². The number of aliphatic carboxylic acids is 1. The molecule has 120 valence electrons. The minimum Gasteiger partial charge on any atom is -0.481 e. The van der Waals surface area contributed by atoms with Gasteiger partial charge in [-0.3, -0.25) is 9.59 Å². The van der Waals surface area contributed by atoms with Crippen molar-refractivity contribution < 1.29 is 23.1 Å². The highest BCUT2D eigenvalue weighted by molar-refractivity contribution is 8.02. The molecule has 2 unspecified atom stereocenters. The van der Waals surface area contributed by atoms with Gasteiger partial charge in [-0.1, -0.05) is 0 Å². The molecule has 2 aliphatic rings. The Kier molecular flexibility index (Phi) is 5.84. The van der Waals surface area contributed by atoms with E-state index in [1.165, 1.54) is 11.8 Å². The van der Waals surface area contributed by atoms with Crippen LogP contribution in [0.15, 0.2) is 0 Å². The van der Waals surface area contributed by atoms with Gasteiger partial charge in [0.15, 0.2) is 9.84 Å². The van der Waals surface area contributed by atoms with Gasteiger partial charge in [-0.2, -0.15) is 11.8 Å². The van der Waals surface area contributed by atoms with E-state index in [2.05, 4.69) is 0 Å². The predicted molar refractivity (Wildman–Crippen MR) is 84.6 cm³/mol. The lowest BCUT2D eigenvalue weighted by molar-refractivity contribution is -0.139. The second-order valence-corrected chi connectivity index (χ2v) is 9.92. The molecule has 2 saturated heterocycles. The molecule has 1 amide bonds. The minimum absolute atomic E-state index is 0.00367. The SMILES string of the molecule is O=C(O)CC1CSCCN1C(=O)CSC1CCS(=O)(=O)C1. The fourth-order valence-corrected chi connectivity index (χ4v) is 7.11. The molecule has 2 rings (SSSR count). The van der Waals surface area contributed by atoms with E-state index in [4.69, 9.17) is 5.11 Å². The molecule has 2 heterocycles. The Morgan fingerprint density at radius 2 is 2.14 bits per heavy atom. The quantitative estimate of drug-likeness (QED) is 0.761. The van der Waals surface area contributed by atoms with Gasteiger partial charge in [0.05, 0.1) is 29.7 Å². The molecule has 2 fully saturated rings. The average molecular weight is 353 g/mol. The Labute approximate surface area is 132 Å². The number of hydrogen-bond donors (Lipinski definition) is 1. The molecule has 2 atom stereocenters. The van der Waals surface area contributed by atoms with E-state index in [-0.39, 0.29) is 40.9 Å². The molecule has 9 heteroatoms. The highest BCUT2D eigenvalue weighted by Crippen LogP contribution is 2.26. The standard InChI is InChI=1S/C12H19NO5S3/c14-11(7-20-10-1-4-21(17,18)8-10)13-2-3-19-6-9(13)5-12(15)16/h9-10H,1-8H2,(H,15,16). The summed E-state index contributed by atoms with van der Waals surface area (Å²) in [5, 5.41) is 8.90. The number of rotatable bonds is 5. The van der Waals surface area contributed by atoms with Crippen molar-refractivity contribution in [3.8, 4) is 0 Å². The lowest BCUT2D eigenvalue weighted by atomic mass is 10.2. The average Bonchev–Trinajstić information content (AvgIpc) is 2.75. The molecule has 2 aliphatic heterocycles. The van der Waals surface area contributed by atoms with Gasteiger partial charge in [-0.05, 0) is 6.42 Å². The molecule has 0 aromatic carbocycles. The van der Waals surface area contributed by atoms with Crippen LogP contribution in [0.1, 0.15) is 12.8 Å². The van der Waals surface area contributed by atoms with Gasteiger partial charge in [0.1, 0.15) is 0 Å². The lowest BCUT2D eigenvalue weighted by Crippen LogP contribution is -2.48. The largest absolute Gasteiger partial charge is 0.481 e. The predicted octanol–water partition coefficient (Wildman–Crippen LogP) is 0.325. The van der Waals surface area contributed by atoms with Crippen molar-refractivity contribution in [1.82, 2.24) is 4.90 Å². The zero-order chi connectivity index (χ0) is 15.5. The molecule has 0 bridgehead atoms. The topological polar surface area (TPSA) is 91.8 Å². The first-order chi connectivity index (χ1) is 9.87. The van der Waals surface area contributed by atoms with Crippen LogP contribution in [0, 0.1) is 0 Å². The van der Waals surface area contributed by atoms with Crippen molar-refractivity contribution in [3.05, 3.63) is 0 Å². The molecule has 21 heavy (non-hydrogen) atoms. The number of amides is 1. The van der Waals surface area contributed by atoms with E-state index in [1.54, 1.807) is 16.7 Å². The number of hydrogen-bond acceptors (Lipinski definition) is 6. The summed E-state index contributed by atoms with van der Waals surface area (Å²) in [7, 11) is -2.92. The number of sulfone groups is 1. The highest BCUT2D eigenvalue weighted by atomic mass is 32.2. The summed E-state index contributed by atoms with van der Waals surface area (Å²) in [6, 6.07) is -0.248. The molecule has 0 aromatic rings. The van der Waals surface area contributed by atoms with E-state index in [1.807, 2.05) is 0 Å². The van der Waals surface area contributed by atoms with Crippen LogP contribution in [0.4, 0.5) is 0 Å². The number of nitrogens with zero attached hydrogens (tertiary/aromatic N) is 1. The zero-order valence-corrected chi connectivity index (χ0v) is 14.0. The Hall–Kier alpha value is -0.410. The Morgan fingerprint density at radius 3 is 2.76 bits per heavy atom. The van der Waals surface area contributed by atoms with Crippen LogP contribution in [0.3, 0.4) is 0 Å². The van der Waals surface area contributed by atoms with Gasteiger partial charge in [0.25, 0.3) is 0 Å². The first-order valence-electron chi connectivity index (χ1n) is 6.78. The Balaban J connectivity index is 1.85. The molecule has 0 spiro atoms. The Morgan fingerprint density at radius 1 is 1.38 bits per heavy atom. The van der Waals surface area contributed by atoms with Crippen molar-refractivity contribution >= 4 is 45.2 Å². The van der Waals surface area contributed by atoms with Crippen LogP contribution in [0.2, 0.25) is 0 Å². The van der Waals surface area contributed by atoms with Crippen LogP contribution in [0.25, 0.3) is 0 Å². The van der Waals surface area contributed by atoms with Crippen LogP contribution in [-0.4, -0.2) is 76.9 Å². The minimum atomic E-state index is -2.92. The van der Waals surface area contributed by atoms with Crippen molar-refractivity contribution in [3.63, 3.8) is 0 Å². The van der Waals surface area contributed by atoms with Crippen LogP contribution in [0.5, 0.6) is 0 Å². The fraction of sp³-hybridized carbons (Fsp3) is 0.833. The molecular weight excluding hydrogens is 334 g/mol. The Bertz CT molecular complexity index is 507. The fourth-order valence-electron chi connectivity index (χ4n) is 2.52. The first kappa shape index (κ1) is 17.0. The van der Waals surface area contributed by atoms with Gasteiger partial charge in [-0.15, -0.1) is 11.8 Å². The van der Waals surface area contributed by atoms with Crippen LogP contribution < -0.4 is 0 Å². The molecule has 0 aliphatic carbocycles. The molecular formula is C12H19NO5S3. The summed E-state index contributed by atoms with van der Waals surface area (Å²) < 4.78 is 22.8. The van der Waals surface area contributed by atoms with Crippen LogP contribution >= 0.6 is 23.5 Å². The highest BCUT2D eigenvalue weighted by Gasteiger charge is 2.31. The maximum absolute atomic E-state index is 12.3. The first-order valence-corrected chi connectivity index (χ1v) is 10.8. The monoisotopic (exact) mass is 353 g/mol. The van der Waals surface area contributed by atoms with Gasteiger partial charge >= 0.3 is 5.97 Å². The summed E-state index contributed by atoms with van der Waals surface area (Å²) in [5.74, 6) is 1.11. The maximum Gasteiger partial charge on any atom is 0.305 e. The molecule has 1 N–H and O–H groups in total. The number of carboxylic acid groups (broad SMARTS) is 1. The second kappa shape index (κ2) is 7.23. The summed E-state index contributed by atoms with van der Waals surface area (Å²) in [6.07, 6.45) is 0.579. The molecule has 0 aromatic heterocycles. The smallest absolute Gasteiger partial charge is 0.305 e. The third kappa shape index (κ3) is 5.07. The van der Waals surface area contributed by atoms with E-state index >= 15 is 0 Å². The summed E-state index contributed by atoms with van der Waals surface area (Å²) in [4.78, 5) is 24.8. The number of carbonyl (C=O) groups is 2. The van der Waals surface area contributed by atoms with Gasteiger partial charge < -0.3 is 10.0 Å². The van der Waals surface area contributed by atoms with E-state index < -0.39 is 15.8 Å². The third-order valence-electron chi connectivity index (χ3n) is 3.59. The maximum atomic E-state index is 12.3. The number of carbonyl (C=O) groups excluding carboxylic acids is 1. The van der Waals surface area contributed by atoms with E-state index in [0.717, 1.165) is 5.75 Å². The van der Waals surface area contributed by atoms with Gasteiger partial charge in [-0.25, -0.2) is 8.42 Å². The second-order valence-electron chi connectivity index (χ2n) is 5.25. The number of carboxylic acids is 1. The third-order valence-corrected chi connectivity index (χ3v) is 7.95. The molecule has 0 radical (unpaired) electrons. The van der Waals surface area contributed by atoms with Crippen LogP contribution in [-0.2, 0) is 19.4 Å². The zero-order valence-electron chi connectivity index (χ0n) is 11.6. The summed E-state index contributed by atoms with van der Waals surface area (Å²) >= 11 is 3.05. The van der Waals surface area contributed by atoms with E-state index in [9.17, 15) is 18.0 Å². The van der Waals surface area contributed by atoms with Gasteiger partial charge in [0, 0.05) is 23.3 Å². The van der Waals surface area contributed by atoms with Crippen molar-refractivity contribution in [2.24, 2.45) is 0 Å². The lowest BCUT2D eigenvalue weighted by Gasteiger charge is -2.34. The summed E-state index contributed by atoms with van der Waals surface area (Å²) in [6.45, 7) is 0.574. The van der Waals surface area contributed by atoms with Crippen molar-refractivity contribution in [1.29, 1.82) is 0 Å². The summed E-state index contributed by atoms with van der Waals surface area (Å²) in [5.41, 5.74) is 0. The number of thioether (sulfide) groups is 2. The van der Waals surface area contributed by atoms with E-state index in [0.29, 0.717) is 18.7 Å². The van der Waals surface area contributed by atoms with Crippen molar-refractivity contribution in [2.75, 3.05) is 35.3 Å².